The first-order chi connectivity index (χ1) is 20.1. The Morgan fingerprint density at radius 1 is 1.17 bits per heavy atom. The molecule has 0 saturated carbocycles. The minimum absolute atomic E-state index is 0.0813. The molecule has 4 aromatic rings. The molecular formula is C27H31FN8O6. The van der Waals surface area contributed by atoms with Crippen molar-refractivity contribution in [2.24, 2.45) is 5.73 Å². The molecule has 2 aromatic heterocycles. The van der Waals surface area contributed by atoms with E-state index in [1.807, 2.05) is 0 Å². The van der Waals surface area contributed by atoms with E-state index in [2.05, 4.69) is 20.4 Å². The standard InChI is InChI=1S/C25H27FN8O4.C2H4O2/c1-36-12-13-38-21-17(26)10-9-16(20(21)37-2)19(31-15-7-5-14(6-8-15)22(28)29)23-32-25(35)34(33-23)24-18(27)4-3-11-30-24;1-2(3)4/h3-11,19,31H,12-13,27H2,1-2H3,(H3,28,29)(H,32,33,35);1H3,(H,3,4). The van der Waals surface area contributed by atoms with E-state index in [0.29, 0.717) is 16.8 Å². The number of halogens is 1. The Morgan fingerprint density at radius 3 is 2.45 bits per heavy atom. The second-order valence-corrected chi connectivity index (χ2v) is 8.57. The summed E-state index contributed by atoms with van der Waals surface area (Å²) in [5, 5.41) is 22.8. The monoisotopic (exact) mass is 582 g/mol. The summed E-state index contributed by atoms with van der Waals surface area (Å²) in [5.41, 5.74) is 12.8. The van der Waals surface area contributed by atoms with Crippen molar-refractivity contribution in [1.29, 1.82) is 5.41 Å². The zero-order valence-electron chi connectivity index (χ0n) is 23.1. The van der Waals surface area contributed by atoms with Crippen LogP contribution in [0.4, 0.5) is 15.8 Å². The lowest BCUT2D eigenvalue weighted by Crippen LogP contribution is -2.18. The van der Waals surface area contributed by atoms with Gasteiger partial charge >= 0.3 is 5.69 Å². The highest BCUT2D eigenvalue weighted by Crippen LogP contribution is 2.40. The fraction of sp³-hybridized carbons (Fsp3) is 0.222. The molecule has 15 heteroatoms. The maximum atomic E-state index is 14.8. The Bertz CT molecular complexity index is 1580. The second-order valence-electron chi connectivity index (χ2n) is 8.57. The summed E-state index contributed by atoms with van der Waals surface area (Å²) in [6, 6.07) is 11.9. The van der Waals surface area contributed by atoms with Gasteiger partial charge in [-0.15, -0.1) is 5.10 Å². The molecule has 2 heterocycles. The molecular weight excluding hydrogens is 551 g/mol. The molecule has 8 N–H and O–H groups in total. The van der Waals surface area contributed by atoms with Crippen LogP contribution in [-0.2, 0) is 9.53 Å². The number of nitrogen functional groups attached to an aromatic ring is 2. The first-order valence-corrected chi connectivity index (χ1v) is 12.4. The average Bonchev–Trinajstić information content (AvgIpc) is 3.33. The number of amidine groups is 1. The van der Waals surface area contributed by atoms with Gasteiger partial charge in [0.15, 0.2) is 29.0 Å². The van der Waals surface area contributed by atoms with Crippen LogP contribution in [0.1, 0.15) is 29.9 Å². The predicted molar refractivity (Wildman–Crippen MR) is 153 cm³/mol. The van der Waals surface area contributed by atoms with Crippen LogP contribution in [0.3, 0.4) is 0 Å². The molecule has 42 heavy (non-hydrogen) atoms. The van der Waals surface area contributed by atoms with Gasteiger partial charge in [0.25, 0.3) is 5.97 Å². The minimum atomic E-state index is -0.850. The average molecular weight is 583 g/mol. The van der Waals surface area contributed by atoms with E-state index < -0.39 is 23.5 Å². The summed E-state index contributed by atoms with van der Waals surface area (Å²) in [5.74, 6) is -1.24. The molecule has 0 aliphatic carbocycles. The molecule has 0 radical (unpaired) electrons. The van der Waals surface area contributed by atoms with Crippen molar-refractivity contribution in [3.05, 3.63) is 88.0 Å². The lowest BCUT2D eigenvalue weighted by molar-refractivity contribution is -0.134. The van der Waals surface area contributed by atoms with Gasteiger partial charge in [-0.2, -0.15) is 4.68 Å². The number of ether oxygens (including phenoxy) is 3. The molecule has 0 saturated heterocycles. The highest BCUT2D eigenvalue weighted by Gasteiger charge is 2.27. The quantitative estimate of drug-likeness (QED) is 0.0856. The number of aromatic amines is 1. The molecule has 4 rings (SSSR count). The third-order valence-corrected chi connectivity index (χ3v) is 5.58. The van der Waals surface area contributed by atoms with Gasteiger partial charge in [-0.05, 0) is 48.5 Å². The fourth-order valence-corrected chi connectivity index (χ4v) is 3.76. The second kappa shape index (κ2) is 14.3. The summed E-state index contributed by atoms with van der Waals surface area (Å²) in [6.45, 7) is 1.41. The Labute approximate surface area is 239 Å². The summed E-state index contributed by atoms with van der Waals surface area (Å²) < 4.78 is 32.0. The molecule has 0 amide bonds. The molecule has 1 unspecified atom stereocenters. The Morgan fingerprint density at radius 2 is 1.86 bits per heavy atom. The number of rotatable bonds is 11. The van der Waals surface area contributed by atoms with Crippen molar-refractivity contribution in [2.45, 2.75) is 13.0 Å². The van der Waals surface area contributed by atoms with Gasteiger partial charge in [0.05, 0.1) is 19.4 Å². The number of carbonyl (C=O) groups is 1. The van der Waals surface area contributed by atoms with E-state index in [1.54, 1.807) is 36.4 Å². The van der Waals surface area contributed by atoms with Crippen molar-refractivity contribution < 1.29 is 28.5 Å². The molecule has 2 aromatic carbocycles. The van der Waals surface area contributed by atoms with Crippen LogP contribution in [0.5, 0.6) is 11.5 Å². The van der Waals surface area contributed by atoms with Crippen molar-refractivity contribution in [3.63, 3.8) is 0 Å². The van der Waals surface area contributed by atoms with E-state index in [-0.39, 0.29) is 47.9 Å². The van der Waals surface area contributed by atoms with Crippen molar-refractivity contribution in [2.75, 3.05) is 38.5 Å². The van der Waals surface area contributed by atoms with Gasteiger partial charge in [-0.25, -0.2) is 14.2 Å². The first kappa shape index (κ1) is 31.1. The number of anilines is 2. The largest absolute Gasteiger partial charge is 0.492 e. The lowest BCUT2D eigenvalue weighted by atomic mass is 10.0. The van der Waals surface area contributed by atoms with E-state index in [0.717, 1.165) is 11.6 Å². The number of nitrogens with two attached hydrogens (primary N) is 2. The number of hydrogen-bond donors (Lipinski definition) is 6. The van der Waals surface area contributed by atoms with Gasteiger partial charge in [-0.3, -0.25) is 15.2 Å². The molecule has 0 spiro atoms. The summed E-state index contributed by atoms with van der Waals surface area (Å²) in [4.78, 5) is 28.8. The number of nitrogens with zero attached hydrogens (tertiary/aromatic N) is 3. The number of aromatic nitrogens is 4. The number of hydrogen-bond acceptors (Lipinski definition) is 10. The van der Waals surface area contributed by atoms with Gasteiger partial charge in [0.1, 0.15) is 18.5 Å². The highest BCUT2D eigenvalue weighted by atomic mass is 19.1. The summed E-state index contributed by atoms with van der Waals surface area (Å²) in [7, 11) is 2.89. The van der Waals surface area contributed by atoms with Crippen LogP contribution in [-0.4, -0.2) is 64.1 Å². The molecule has 0 aliphatic heterocycles. The van der Waals surface area contributed by atoms with Crippen LogP contribution in [0.15, 0.2) is 59.5 Å². The van der Waals surface area contributed by atoms with Gasteiger partial charge in [-0.1, -0.05) is 0 Å². The maximum absolute atomic E-state index is 14.8. The number of methoxy groups -OCH3 is 2. The normalized spacial score (nSPS) is 11.1. The van der Waals surface area contributed by atoms with E-state index >= 15 is 0 Å². The van der Waals surface area contributed by atoms with Crippen molar-refractivity contribution >= 4 is 23.2 Å². The smallest absolute Gasteiger partial charge is 0.349 e. The number of aliphatic carboxylic acids is 1. The minimum Gasteiger partial charge on any atom is -0.492 e. The summed E-state index contributed by atoms with van der Waals surface area (Å²) in [6.07, 6.45) is 1.49. The topological polar surface area (TPSA) is 216 Å². The molecule has 14 nitrogen and oxygen atoms in total. The van der Waals surface area contributed by atoms with Crippen LogP contribution >= 0.6 is 0 Å². The third-order valence-electron chi connectivity index (χ3n) is 5.58. The molecule has 0 bridgehead atoms. The first-order valence-electron chi connectivity index (χ1n) is 12.4. The van der Waals surface area contributed by atoms with Crippen LogP contribution in [0.25, 0.3) is 5.82 Å². The van der Waals surface area contributed by atoms with E-state index in [9.17, 15) is 9.18 Å². The number of nitrogens with one attached hydrogen (secondary N) is 3. The lowest BCUT2D eigenvalue weighted by Gasteiger charge is -2.22. The number of carboxylic acid groups (broad SMARTS) is 1. The highest BCUT2D eigenvalue weighted by molar-refractivity contribution is 5.95. The summed E-state index contributed by atoms with van der Waals surface area (Å²) >= 11 is 0. The zero-order valence-corrected chi connectivity index (χ0v) is 23.1. The Hall–Kier alpha value is -5.44. The van der Waals surface area contributed by atoms with Crippen molar-refractivity contribution in [3.8, 4) is 17.3 Å². The number of carboxylic acids is 1. The Balaban J connectivity index is 0.00000114. The fourth-order valence-electron chi connectivity index (χ4n) is 3.76. The predicted octanol–water partition coefficient (Wildman–Crippen LogP) is 2.29. The molecule has 0 aliphatic rings. The zero-order chi connectivity index (χ0) is 30.8. The molecule has 1 atom stereocenters. The van der Waals surface area contributed by atoms with E-state index in [4.69, 9.17) is 41.0 Å². The van der Waals surface area contributed by atoms with Gasteiger partial charge < -0.3 is 36.1 Å². The number of benzene rings is 2. The van der Waals surface area contributed by atoms with Crippen molar-refractivity contribution in [1.82, 2.24) is 19.7 Å². The van der Waals surface area contributed by atoms with Gasteiger partial charge in [0, 0.05) is 37.0 Å². The maximum Gasteiger partial charge on any atom is 0.349 e. The van der Waals surface area contributed by atoms with Gasteiger partial charge in [0.2, 0.25) is 0 Å². The van der Waals surface area contributed by atoms with Crippen LogP contribution in [0.2, 0.25) is 0 Å². The van der Waals surface area contributed by atoms with Crippen LogP contribution < -0.4 is 31.9 Å². The molecule has 222 valence electrons. The van der Waals surface area contributed by atoms with E-state index in [1.165, 1.54) is 32.5 Å². The number of H-pyrrole nitrogens is 1. The molecule has 0 fully saturated rings. The van der Waals surface area contributed by atoms with Crippen LogP contribution in [0, 0.1) is 11.2 Å². The third kappa shape index (κ3) is 7.60. The Kier molecular flexibility index (Phi) is 10.6. The SMILES string of the molecule is CC(=O)O.COCCOc1c(F)ccc(C(Nc2ccc(C(=N)N)cc2)c2nn(-c3ncccc3N)c(=O)[nH]2)c1OC. The number of pyridine rings is 1.